The van der Waals surface area contributed by atoms with Crippen LogP contribution in [-0.2, 0) is 0 Å². The third kappa shape index (κ3) is 3.99. The van der Waals surface area contributed by atoms with E-state index in [2.05, 4.69) is 4.98 Å². The van der Waals surface area contributed by atoms with Gasteiger partial charge in [-0.15, -0.1) is 0 Å². The molecule has 4 rings (SSSR count). The van der Waals surface area contributed by atoms with Crippen molar-refractivity contribution >= 4 is 5.91 Å². The Morgan fingerprint density at radius 1 is 1.14 bits per heavy atom. The van der Waals surface area contributed by atoms with Gasteiger partial charge in [0.2, 0.25) is 0 Å². The minimum absolute atomic E-state index is 0.0759. The van der Waals surface area contributed by atoms with E-state index in [9.17, 15) is 14.3 Å². The highest BCUT2D eigenvalue weighted by Crippen LogP contribution is 2.38. The fraction of sp³-hybridized carbons (Fsp3) is 0.478. The number of carbonyl (C=O) groups is 1. The number of carbonyl (C=O) groups excluding carboxylic acids is 1. The molecule has 1 aliphatic carbocycles. The Morgan fingerprint density at radius 2 is 1.86 bits per heavy atom. The molecule has 0 spiro atoms. The fourth-order valence-corrected chi connectivity index (χ4v) is 4.60. The number of nitrogens with zero attached hydrogens (tertiary/aromatic N) is 2. The minimum Gasteiger partial charge on any atom is -0.486 e. The Balaban J connectivity index is 1.44. The Hall–Kier alpha value is -2.47. The number of aryl methyl sites for hydroxylation is 3. The number of aliphatic hydroxyl groups excluding tert-OH is 1. The van der Waals surface area contributed by atoms with Gasteiger partial charge in [0.1, 0.15) is 17.7 Å². The van der Waals surface area contributed by atoms with Gasteiger partial charge in [-0.2, -0.15) is 0 Å². The Bertz CT molecular complexity index is 932. The van der Waals surface area contributed by atoms with Crippen LogP contribution in [0.3, 0.4) is 0 Å². The first-order valence-electron chi connectivity index (χ1n) is 10.2. The van der Waals surface area contributed by atoms with Crippen molar-refractivity contribution in [2.24, 2.45) is 11.8 Å². The molecule has 2 heterocycles. The zero-order valence-electron chi connectivity index (χ0n) is 17.1. The van der Waals surface area contributed by atoms with Crippen molar-refractivity contribution in [2.75, 3.05) is 13.1 Å². The molecule has 1 N–H and O–H groups in total. The number of hydrogen-bond acceptors (Lipinski definition) is 4. The van der Waals surface area contributed by atoms with Crippen molar-refractivity contribution in [3.8, 4) is 5.75 Å². The molecule has 29 heavy (non-hydrogen) atoms. The summed E-state index contributed by atoms with van der Waals surface area (Å²) < 4.78 is 19.6. The van der Waals surface area contributed by atoms with Crippen LogP contribution in [0.5, 0.6) is 5.75 Å². The van der Waals surface area contributed by atoms with Crippen molar-refractivity contribution in [1.29, 1.82) is 0 Å². The number of rotatable bonds is 3. The van der Waals surface area contributed by atoms with Crippen LogP contribution in [0.1, 0.15) is 40.2 Å². The summed E-state index contributed by atoms with van der Waals surface area (Å²) in [7, 11) is 0. The Morgan fingerprint density at radius 3 is 2.55 bits per heavy atom. The van der Waals surface area contributed by atoms with Crippen LogP contribution >= 0.6 is 0 Å². The predicted molar refractivity (Wildman–Crippen MR) is 107 cm³/mol. The number of pyridine rings is 1. The molecule has 1 aliphatic heterocycles. The summed E-state index contributed by atoms with van der Waals surface area (Å²) in [6.45, 7) is 6.76. The molecular formula is C23H27FN2O3. The van der Waals surface area contributed by atoms with Crippen molar-refractivity contribution in [1.82, 2.24) is 9.88 Å². The summed E-state index contributed by atoms with van der Waals surface area (Å²) in [6.07, 6.45) is 0.438. The maximum absolute atomic E-state index is 13.5. The summed E-state index contributed by atoms with van der Waals surface area (Å²) in [5.74, 6) is 0.861. The molecule has 1 aromatic carbocycles. The van der Waals surface area contributed by atoms with Crippen LogP contribution in [0.15, 0.2) is 30.3 Å². The highest BCUT2D eigenvalue weighted by atomic mass is 19.1. The summed E-state index contributed by atoms with van der Waals surface area (Å²) in [5, 5.41) is 10.6. The second kappa shape index (κ2) is 7.75. The minimum atomic E-state index is -0.569. The van der Waals surface area contributed by atoms with E-state index in [4.69, 9.17) is 4.74 Å². The number of halogens is 1. The van der Waals surface area contributed by atoms with Crippen molar-refractivity contribution in [3.05, 3.63) is 58.7 Å². The van der Waals surface area contributed by atoms with Crippen molar-refractivity contribution in [3.63, 3.8) is 0 Å². The number of hydrogen-bond donors (Lipinski definition) is 1. The van der Waals surface area contributed by atoms with Crippen LogP contribution in [0, 0.1) is 38.4 Å². The molecule has 2 aromatic rings. The van der Waals surface area contributed by atoms with Gasteiger partial charge in [-0.25, -0.2) is 4.39 Å². The van der Waals surface area contributed by atoms with Crippen LogP contribution < -0.4 is 4.74 Å². The van der Waals surface area contributed by atoms with E-state index >= 15 is 0 Å². The van der Waals surface area contributed by atoms with E-state index in [1.165, 1.54) is 6.07 Å². The molecule has 0 bridgehead atoms. The number of amides is 1. The summed E-state index contributed by atoms with van der Waals surface area (Å²) in [4.78, 5) is 19.1. The number of aromatic nitrogens is 1. The largest absolute Gasteiger partial charge is 0.486 e. The lowest BCUT2D eigenvalue weighted by Gasteiger charge is -2.35. The van der Waals surface area contributed by atoms with Crippen LogP contribution in [-0.4, -0.2) is 46.2 Å². The van der Waals surface area contributed by atoms with Crippen LogP contribution in [0.4, 0.5) is 4.39 Å². The van der Waals surface area contributed by atoms with Gasteiger partial charge in [0.25, 0.3) is 5.91 Å². The van der Waals surface area contributed by atoms with E-state index in [0.29, 0.717) is 42.8 Å². The molecule has 2 fully saturated rings. The molecular weight excluding hydrogens is 371 g/mol. The third-order valence-corrected chi connectivity index (χ3v) is 6.23. The predicted octanol–water partition coefficient (Wildman–Crippen LogP) is 3.44. The molecule has 154 valence electrons. The van der Waals surface area contributed by atoms with Gasteiger partial charge in [-0.1, -0.05) is 0 Å². The zero-order valence-corrected chi connectivity index (χ0v) is 17.1. The fourth-order valence-electron chi connectivity index (χ4n) is 4.60. The molecule has 1 saturated carbocycles. The van der Waals surface area contributed by atoms with Gasteiger partial charge in [-0.3, -0.25) is 9.78 Å². The highest BCUT2D eigenvalue weighted by Gasteiger charge is 2.44. The summed E-state index contributed by atoms with van der Waals surface area (Å²) >= 11 is 0. The maximum atomic E-state index is 13.5. The molecule has 0 unspecified atom stereocenters. The molecule has 4 atom stereocenters. The molecule has 0 radical (unpaired) electrons. The topological polar surface area (TPSA) is 62.7 Å². The van der Waals surface area contributed by atoms with Gasteiger partial charge in [-0.05, 0) is 81.3 Å². The highest BCUT2D eigenvalue weighted by molar-refractivity contribution is 5.94. The van der Waals surface area contributed by atoms with Gasteiger partial charge < -0.3 is 14.7 Å². The SMILES string of the molecule is Cc1ccc(O[C@@H]2C[C@@H]3CN(C(=O)c4ccc(F)c(C)c4)C[C@@H]3C[C@H]2O)c(C)n1. The Labute approximate surface area is 170 Å². The van der Waals surface area contributed by atoms with Crippen molar-refractivity contribution in [2.45, 2.75) is 45.8 Å². The van der Waals surface area contributed by atoms with Gasteiger partial charge in [0, 0.05) is 24.3 Å². The van der Waals surface area contributed by atoms with E-state index in [-0.39, 0.29) is 29.7 Å². The monoisotopic (exact) mass is 398 g/mol. The number of ether oxygens (including phenoxy) is 1. The van der Waals surface area contributed by atoms with Crippen LogP contribution in [0.2, 0.25) is 0 Å². The lowest BCUT2D eigenvalue weighted by atomic mass is 9.78. The average Bonchev–Trinajstić information content (AvgIpc) is 3.08. The van der Waals surface area contributed by atoms with E-state index < -0.39 is 6.10 Å². The number of fused-ring (bicyclic) bond motifs is 1. The smallest absolute Gasteiger partial charge is 0.253 e. The first-order chi connectivity index (χ1) is 13.8. The van der Waals surface area contributed by atoms with Gasteiger partial charge >= 0.3 is 0 Å². The van der Waals surface area contributed by atoms with Crippen LogP contribution in [0.25, 0.3) is 0 Å². The lowest BCUT2D eigenvalue weighted by Crippen LogP contribution is -2.42. The Kier molecular flexibility index (Phi) is 5.30. The molecule has 6 heteroatoms. The number of benzene rings is 1. The molecule has 2 aliphatic rings. The zero-order chi connectivity index (χ0) is 20.7. The summed E-state index contributed by atoms with van der Waals surface area (Å²) in [5.41, 5.74) is 2.73. The number of likely N-dealkylation sites (tertiary alicyclic amines) is 1. The molecule has 1 saturated heterocycles. The van der Waals surface area contributed by atoms with E-state index in [0.717, 1.165) is 11.4 Å². The normalized spacial score (nSPS) is 26.3. The average molecular weight is 398 g/mol. The second-order valence-electron chi connectivity index (χ2n) is 8.43. The lowest BCUT2D eigenvalue weighted by molar-refractivity contribution is -0.0236. The number of aliphatic hydroxyl groups is 1. The molecule has 1 amide bonds. The first-order valence-corrected chi connectivity index (χ1v) is 10.2. The third-order valence-electron chi connectivity index (χ3n) is 6.23. The molecule has 5 nitrogen and oxygen atoms in total. The summed E-state index contributed by atoms with van der Waals surface area (Å²) in [6, 6.07) is 8.30. The standard InChI is InChI=1S/C23H27FN2O3/c1-13-8-16(5-6-19(13)24)23(28)26-11-17-9-20(27)22(10-18(17)12-26)29-21-7-4-14(2)25-15(21)3/h4-8,17-18,20,22,27H,9-12H2,1-3H3/t17-,18+,20+,22+/m0/s1. The second-order valence-corrected chi connectivity index (χ2v) is 8.43. The quantitative estimate of drug-likeness (QED) is 0.860. The maximum Gasteiger partial charge on any atom is 0.253 e. The van der Waals surface area contributed by atoms with E-state index in [1.54, 1.807) is 19.1 Å². The van der Waals surface area contributed by atoms with Gasteiger partial charge in [0.15, 0.2) is 0 Å². The van der Waals surface area contributed by atoms with Crippen molar-refractivity contribution < 1.29 is 19.0 Å². The first kappa shape index (κ1) is 19.8. The molecule has 1 aromatic heterocycles. The van der Waals surface area contributed by atoms with E-state index in [1.807, 2.05) is 30.9 Å². The van der Waals surface area contributed by atoms with Gasteiger partial charge in [0.05, 0.1) is 11.8 Å².